The molecule has 0 aliphatic rings. The molecular weight excluding hydrogens is 220 g/mol. The molecule has 1 unspecified atom stereocenters. The SMILES string of the molecule is CC(C)=C(O)C(O)CCSc1ccccc1. The zero-order chi connectivity index (χ0) is 12.0. The van der Waals surface area contributed by atoms with Gasteiger partial charge in [0.05, 0.1) is 0 Å². The monoisotopic (exact) mass is 238 g/mol. The predicted molar refractivity (Wildman–Crippen MR) is 68.8 cm³/mol. The minimum atomic E-state index is -0.735. The van der Waals surface area contributed by atoms with Crippen molar-refractivity contribution in [2.45, 2.75) is 31.3 Å². The van der Waals surface area contributed by atoms with Crippen LogP contribution in [-0.4, -0.2) is 22.1 Å². The number of benzene rings is 1. The first-order chi connectivity index (χ1) is 7.61. The van der Waals surface area contributed by atoms with Gasteiger partial charge in [0.15, 0.2) is 0 Å². The Kier molecular flexibility index (Phi) is 5.43. The summed E-state index contributed by atoms with van der Waals surface area (Å²) in [6.07, 6.45) is -0.169. The highest BCUT2D eigenvalue weighted by Gasteiger charge is 2.10. The topological polar surface area (TPSA) is 40.5 Å². The van der Waals surface area contributed by atoms with Crippen molar-refractivity contribution in [3.63, 3.8) is 0 Å². The summed E-state index contributed by atoms with van der Waals surface area (Å²) in [5.74, 6) is 0.899. The van der Waals surface area contributed by atoms with E-state index < -0.39 is 6.10 Å². The summed E-state index contributed by atoms with van der Waals surface area (Å²) < 4.78 is 0. The van der Waals surface area contributed by atoms with Crippen LogP contribution < -0.4 is 0 Å². The van der Waals surface area contributed by atoms with Crippen LogP contribution in [0.4, 0.5) is 0 Å². The first-order valence-corrected chi connectivity index (χ1v) is 6.32. The maximum atomic E-state index is 9.64. The Balaban J connectivity index is 2.34. The van der Waals surface area contributed by atoms with E-state index in [4.69, 9.17) is 0 Å². The van der Waals surface area contributed by atoms with Crippen molar-refractivity contribution in [1.29, 1.82) is 0 Å². The maximum absolute atomic E-state index is 9.64. The minimum absolute atomic E-state index is 0.105. The zero-order valence-electron chi connectivity index (χ0n) is 9.68. The molecule has 16 heavy (non-hydrogen) atoms. The lowest BCUT2D eigenvalue weighted by atomic mass is 10.1. The second kappa shape index (κ2) is 6.61. The Hall–Kier alpha value is -0.930. The van der Waals surface area contributed by atoms with Crippen LogP contribution >= 0.6 is 11.8 Å². The number of hydrogen-bond donors (Lipinski definition) is 2. The van der Waals surface area contributed by atoms with Gasteiger partial charge in [-0.1, -0.05) is 18.2 Å². The second-order valence-corrected chi connectivity index (χ2v) is 5.02. The quantitative estimate of drug-likeness (QED) is 0.610. The van der Waals surface area contributed by atoms with Crippen LogP contribution in [-0.2, 0) is 0 Å². The van der Waals surface area contributed by atoms with Crippen LogP contribution in [0.5, 0.6) is 0 Å². The number of aliphatic hydroxyl groups excluding tert-OH is 2. The third-order valence-corrected chi connectivity index (χ3v) is 3.28. The highest BCUT2D eigenvalue weighted by atomic mass is 32.2. The van der Waals surface area contributed by atoms with E-state index in [1.54, 1.807) is 25.6 Å². The molecule has 1 rings (SSSR count). The van der Waals surface area contributed by atoms with E-state index in [0.29, 0.717) is 6.42 Å². The Morgan fingerprint density at radius 1 is 1.25 bits per heavy atom. The molecule has 0 fully saturated rings. The second-order valence-electron chi connectivity index (χ2n) is 3.85. The van der Waals surface area contributed by atoms with Crippen molar-refractivity contribution in [1.82, 2.24) is 0 Å². The Labute approximate surface area is 101 Å². The molecule has 0 saturated heterocycles. The van der Waals surface area contributed by atoms with Crippen LogP contribution in [0.1, 0.15) is 20.3 Å². The zero-order valence-corrected chi connectivity index (χ0v) is 10.5. The van der Waals surface area contributed by atoms with Gasteiger partial charge in [0.25, 0.3) is 0 Å². The summed E-state index contributed by atoms with van der Waals surface area (Å²) in [5.41, 5.74) is 0.775. The number of hydrogen-bond acceptors (Lipinski definition) is 3. The number of allylic oxidation sites excluding steroid dienone is 1. The molecule has 0 aliphatic heterocycles. The van der Waals surface area contributed by atoms with Crippen LogP contribution in [0, 0.1) is 0 Å². The van der Waals surface area contributed by atoms with Gasteiger partial charge in [-0.25, -0.2) is 0 Å². The van der Waals surface area contributed by atoms with E-state index in [1.165, 1.54) is 4.90 Å². The molecule has 2 N–H and O–H groups in total. The Bertz CT molecular complexity index is 342. The summed E-state index contributed by atoms with van der Waals surface area (Å²) >= 11 is 1.68. The fourth-order valence-corrected chi connectivity index (χ4v) is 2.20. The molecule has 3 heteroatoms. The van der Waals surface area contributed by atoms with Gasteiger partial charge in [0.2, 0.25) is 0 Å². The highest BCUT2D eigenvalue weighted by molar-refractivity contribution is 7.99. The third-order valence-electron chi connectivity index (χ3n) is 2.23. The molecule has 0 aliphatic carbocycles. The van der Waals surface area contributed by atoms with Gasteiger partial charge in [0, 0.05) is 10.6 Å². The van der Waals surface area contributed by atoms with E-state index in [1.807, 2.05) is 30.3 Å². The summed E-state index contributed by atoms with van der Waals surface area (Å²) in [5, 5.41) is 19.2. The van der Waals surface area contributed by atoms with Crippen LogP contribution in [0.3, 0.4) is 0 Å². The summed E-state index contributed by atoms with van der Waals surface area (Å²) in [4.78, 5) is 1.19. The summed E-state index contributed by atoms with van der Waals surface area (Å²) in [6.45, 7) is 3.59. The largest absolute Gasteiger partial charge is 0.510 e. The number of aliphatic hydroxyl groups is 2. The van der Waals surface area contributed by atoms with E-state index in [2.05, 4.69) is 0 Å². The van der Waals surface area contributed by atoms with Crippen molar-refractivity contribution in [2.75, 3.05) is 5.75 Å². The third kappa shape index (κ3) is 4.29. The number of thioether (sulfide) groups is 1. The minimum Gasteiger partial charge on any atom is -0.510 e. The van der Waals surface area contributed by atoms with Gasteiger partial charge in [-0.2, -0.15) is 0 Å². The Morgan fingerprint density at radius 2 is 1.88 bits per heavy atom. The summed E-state index contributed by atoms with van der Waals surface area (Å²) in [7, 11) is 0. The van der Waals surface area contributed by atoms with E-state index in [0.717, 1.165) is 11.3 Å². The van der Waals surface area contributed by atoms with Crippen molar-refractivity contribution in [2.24, 2.45) is 0 Å². The fraction of sp³-hybridized carbons (Fsp3) is 0.385. The molecule has 1 aromatic rings. The van der Waals surface area contributed by atoms with Crippen molar-refractivity contribution >= 4 is 11.8 Å². The van der Waals surface area contributed by atoms with Gasteiger partial charge in [-0.3, -0.25) is 0 Å². The molecule has 1 atom stereocenters. The first-order valence-electron chi connectivity index (χ1n) is 5.33. The average molecular weight is 238 g/mol. The maximum Gasteiger partial charge on any atom is 0.119 e. The standard InChI is InChI=1S/C13H18O2S/c1-10(2)13(15)12(14)8-9-16-11-6-4-3-5-7-11/h3-7,12,14-15H,8-9H2,1-2H3. The van der Waals surface area contributed by atoms with Gasteiger partial charge in [0.1, 0.15) is 11.9 Å². The average Bonchev–Trinajstić information content (AvgIpc) is 2.29. The van der Waals surface area contributed by atoms with E-state index in [-0.39, 0.29) is 5.76 Å². The molecule has 0 spiro atoms. The smallest absolute Gasteiger partial charge is 0.119 e. The molecule has 2 nitrogen and oxygen atoms in total. The lowest BCUT2D eigenvalue weighted by Crippen LogP contribution is -2.12. The summed E-state index contributed by atoms with van der Waals surface area (Å²) in [6, 6.07) is 10.0. The molecule has 0 saturated carbocycles. The fourth-order valence-electron chi connectivity index (χ4n) is 1.28. The lowest BCUT2D eigenvalue weighted by Gasteiger charge is -2.11. The van der Waals surface area contributed by atoms with Gasteiger partial charge >= 0.3 is 0 Å². The van der Waals surface area contributed by atoms with E-state index in [9.17, 15) is 10.2 Å². The molecule has 0 aromatic heterocycles. The molecule has 0 amide bonds. The highest BCUT2D eigenvalue weighted by Crippen LogP contribution is 2.20. The van der Waals surface area contributed by atoms with Crippen molar-refractivity contribution < 1.29 is 10.2 Å². The molecule has 1 aromatic carbocycles. The predicted octanol–water partition coefficient (Wildman–Crippen LogP) is 3.38. The van der Waals surface area contributed by atoms with Gasteiger partial charge < -0.3 is 10.2 Å². The van der Waals surface area contributed by atoms with E-state index >= 15 is 0 Å². The molecular formula is C13H18O2S. The van der Waals surface area contributed by atoms with Gasteiger partial charge in [-0.05, 0) is 38.0 Å². The number of rotatable bonds is 5. The van der Waals surface area contributed by atoms with Crippen LogP contribution in [0.2, 0.25) is 0 Å². The van der Waals surface area contributed by atoms with Crippen LogP contribution in [0.15, 0.2) is 46.6 Å². The normalized spacial score (nSPS) is 12.2. The van der Waals surface area contributed by atoms with Gasteiger partial charge in [-0.15, -0.1) is 11.8 Å². The molecule has 88 valence electrons. The Morgan fingerprint density at radius 3 is 2.44 bits per heavy atom. The van der Waals surface area contributed by atoms with Crippen molar-refractivity contribution in [3.05, 3.63) is 41.7 Å². The lowest BCUT2D eigenvalue weighted by molar-refractivity contribution is 0.148. The van der Waals surface area contributed by atoms with Crippen molar-refractivity contribution in [3.8, 4) is 0 Å². The molecule has 0 radical (unpaired) electrons. The molecule has 0 bridgehead atoms. The van der Waals surface area contributed by atoms with Crippen LogP contribution in [0.25, 0.3) is 0 Å². The first kappa shape index (κ1) is 13.1. The molecule has 0 heterocycles.